The van der Waals surface area contributed by atoms with Gasteiger partial charge in [0.15, 0.2) is 0 Å². The Balaban J connectivity index is 2.53. The smallest absolute Gasteiger partial charge is 0.249 e. The number of hydrogen-bond acceptors (Lipinski definition) is 4. The summed E-state index contributed by atoms with van der Waals surface area (Å²) >= 11 is 0. The fraction of sp³-hybridized carbons (Fsp3) is 0. The zero-order chi connectivity index (χ0) is 9.26. The summed E-state index contributed by atoms with van der Waals surface area (Å²) in [5.41, 5.74) is 6.37. The van der Waals surface area contributed by atoms with E-state index in [2.05, 4.69) is 10.2 Å². The maximum Gasteiger partial charge on any atom is 0.249 e. The van der Waals surface area contributed by atoms with Crippen LogP contribution < -0.4 is 5.73 Å². The summed E-state index contributed by atoms with van der Waals surface area (Å²) in [7, 11) is 0. The van der Waals surface area contributed by atoms with Crippen LogP contribution in [0, 0.1) is 5.82 Å². The van der Waals surface area contributed by atoms with Crippen molar-refractivity contribution in [2.75, 3.05) is 5.73 Å². The summed E-state index contributed by atoms with van der Waals surface area (Å²) in [6.45, 7) is 0. The lowest BCUT2D eigenvalue weighted by molar-refractivity contribution is 0.568. The molecule has 0 bridgehead atoms. The molecule has 0 saturated carbocycles. The predicted molar refractivity (Wildman–Crippen MR) is 44.1 cm³/mol. The molecule has 1 aromatic heterocycles. The lowest BCUT2D eigenvalue weighted by Gasteiger charge is -1.99. The van der Waals surface area contributed by atoms with E-state index in [-0.39, 0.29) is 17.4 Å². The fourth-order valence-electron chi connectivity index (χ4n) is 1.02. The zero-order valence-electron chi connectivity index (χ0n) is 6.57. The number of halogens is 1. The molecule has 66 valence electrons. The predicted octanol–water partition coefficient (Wildman–Crippen LogP) is 1.46. The van der Waals surface area contributed by atoms with Crippen molar-refractivity contribution in [3.63, 3.8) is 0 Å². The number of aromatic nitrogens is 2. The molecule has 5 heteroatoms. The Morgan fingerprint density at radius 1 is 1.38 bits per heavy atom. The van der Waals surface area contributed by atoms with Crippen LogP contribution in [0.2, 0.25) is 0 Å². The molecule has 0 aliphatic heterocycles. The van der Waals surface area contributed by atoms with Crippen molar-refractivity contribution in [3.8, 4) is 11.5 Å². The summed E-state index contributed by atoms with van der Waals surface area (Å²) < 4.78 is 17.6. The van der Waals surface area contributed by atoms with Crippen LogP contribution in [0.25, 0.3) is 11.5 Å². The molecule has 0 radical (unpaired) electrons. The van der Waals surface area contributed by atoms with E-state index in [1.165, 1.54) is 24.6 Å². The summed E-state index contributed by atoms with van der Waals surface area (Å²) in [6.07, 6.45) is 1.19. The van der Waals surface area contributed by atoms with Crippen molar-refractivity contribution in [1.82, 2.24) is 10.2 Å². The van der Waals surface area contributed by atoms with Crippen molar-refractivity contribution in [2.45, 2.75) is 0 Å². The molecule has 0 unspecified atom stereocenters. The Hall–Kier alpha value is -1.91. The molecule has 13 heavy (non-hydrogen) atoms. The van der Waals surface area contributed by atoms with Crippen LogP contribution in [-0.4, -0.2) is 10.2 Å². The zero-order valence-corrected chi connectivity index (χ0v) is 6.57. The van der Waals surface area contributed by atoms with Gasteiger partial charge in [-0.3, -0.25) is 0 Å². The first kappa shape index (κ1) is 7.72. The first-order chi connectivity index (χ1) is 6.27. The van der Waals surface area contributed by atoms with Gasteiger partial charge in [0.05, 0.1) is 5.56 Å². The number of nitrogens with zero attached hydrogens (tertiary/aromatic N) is 2. The average molecular weight is 179 g/mol. The quantitative estimate of drug-likeness (QED) is 0.673. The monoisotopic (exact) mass is 179 g/mol. The Bertz CT molecular complexity index is 413. The van der Waals surface area contributed by atoms with Crippen molar-refractivity contribution in [3.05, 3.63) is 30.4 Å². The maximum absolute atomic E-state index is 12.6. The number of nitrogens with two attached hydrogens (primary N) is 1. The Morgan fingerprint density at radius 2 is 2.23 bits per heavy atom. The van der Waals surface area contributed by atoms with Crippen molar-refractivity contribution in [1.29, 1.82) is 0 Å². The van der Waals surface area contributed by atoms with Gasteiger partial charge in [0.2, 0.25) is 12.3 Å². The normalized spacial score (nSPS) is 10.2. The van der Waals surface area contributed by atoms with E-state index < -0.39 is 0 Å². The van der Waals surface area contributed by atoms with Gasteiger partial charge in [-0.2, -0.15) is 0 Å². The molecule has 0 aliphatic carbocycles. The van der Waals surface area contributed by atoms with E-state index in [1.807, 2.05) is 0 Å². The highest BCUT2D eigenvalue weighted by Crippen LogP contribution is 2.23. The van der Waals surface area contributed by atoms with Crippen LogP contribution in [0.1, 0.15) is 0 Å². The van der Waals surface area contributed by atoms with Gasteiger partial charge >= 0.3 is 0 Å². The second-order valence-corrected chi connectivity index (χ2v) is 2.48. The van der Waals surface area contributed by atoms with E-state index in [0.717, 1.165) is 0 Å². The highest BCUT2D eigenvalue weighted by Gasteiger charge is 2.07. The Kier molecular flexibility index (Phi) is 1.70. The highest BCUT2D eigenvalue weighted by atomic mass is 19.1. The molecule has 0 saturated heterocycles. The molecule has 1 heterocycles. The minimum atomic E-state index is -0.388. The maximum atomic E-state index is 12.6. The van der Waals surface area contributed by atoms with E-state index in [0.29, 0.717) is 5.56 Å². The molecule has 4 nitrogen and oxygen atoms in total. The molecular weight excluding hydrogens is 173 g/mol. The summed E-state index contributed by atoms with van der Waals surface area (Å²) in [4.78, 5) is 0. The largest absolute Gasteiger partial charge is 0.423 e. The molecule has 2 N–H and O–H groups in total. The molecule has 1 aromatic carbocycles. The molecule has 2 aromatic rings. The minimum Gasteiger partial charge on any atom is -0.423 e. The third-order valence-corrected chi connectivity index (χ3v) is 1.60. The van der Waals surface area contributed by atoms with Crippen molar-refractivity contribution in [2.24, 2.45) is 0 Å². The first-order valence-electron chi connectivity index (χ1n) is 3.59. The topological polar surface area (TPSA) is 64.9 Å². The molecule has 0 fully saturated rings. The number of hydrogen-bond donors (Lipinski definition) is 1. The molecular formula is C8H6FN3O. The number of nitrogen functional groups attached to an aromatic ring is 1. The van der Waals surface area contributed by atoms with E-state index in [1.54, 1.807) is 0 Å². The summed E-state index contributed by atoms with van der Waals surface area (Å²) in [5, 5.41) is 7.15. The molecule has 2 rings (SSSR count). The second kappa shape index (κ2) is 2.85. The van der Waals surface area contributed by atoms with Gasteiger partial charge in [-0.25, -0.2) is 4.39 Å². The lowest BCUT2D eigenvalue weighted by Crippen LogP contribution is -1.91. The van der Waals surface area contributed by atoms with Crippen LogP contribution in [0.4, 0.5) is 10.1 Å². The van der Waals surface area contributed by atoms with Gasteiger partial charge in [0.25, 0.3) is 0 Å². The lowest BCUT2D eigenvalue weighted by atomic mass is 10.2. The third-order valence-electron chi connectivity index (χ3n) is 1.60. The molecule has 0 aliphatic rings. The SMILES string of the molecule is Nc1cc(F)ccc1-c1nnco1. The van der Waals surface area contributed by atoms with Gasteiger partial charge in [0.1, 0.15) is 5.82 Å². The average Bonchev–Trinajstić information content (AvgIpc) is 2.56. The van der Waals surface area contributed by atoms with Gasteiger partial charge in [-0.15, -0.1) is 10.2 Å². The van der Waals surface area contributed by atoms with E-state index >= 15 is 0 Å². The van der Waals surface area contributed by atoms with Crippen LogP contribution in [-0.2, 0) is 0 Å². The Morgan fingerprint density at radius 3 is 2.85 bits per heavy atom. The fourth-order valence-corrected chi connectivity index (χ4v) is 1.02. The number of rotatable bonds is 1. The molecule has 0 amide bonds. The van der Waals surface area contributed by atoms with Crippen LogP contribution in [0.5, 0.6) is 0 Å². The van der Waals surface area contributed by atoms with Gasteiger partial charge in [-0.05, 0) is 18.2 Å². The summed E-state index contributed by atoms with van der Waals surface area (Å²) in [6, 6.07) is 3.99. The van der Waals surface area contributed by atoms with Crippen LogP contribution in [0.3, 0.4) is 0 Å². The van der Waals surface area contributed by atoms with Gasteiger partial charge < -0.3 is 10.2 Å². The Labute approximate surface area is 73.2 Å². The van der Waals surface area contributed by atoms with Crippen LogP contribution in [0.15, 0.2) is 29.0 Å². The molecule has 0 atom stereocenters. The van der Waals surface area contributed by atoms with Crippen LogP contribution >= 0.6 is 0 Å². The highest BCUT2D eigenvalue weighted by molar-refractivity contribution is 5.69. The van der Waals surface area contributed by atoms with Crippen molar-refractivity contribution >= 4 is 5.69 Å². The second-order valence-electron chi connectivity index (χ2n) is 2.48. The van der Waals surface area contributed by atoms with Gasteiger partial charge in [0, 0.05) is 5.69 Å². The number of anilines is 1. The standard InChI is InChI=1S/C8H6FN3O/c9-5-1-2-6(7(10)3-5)8-12-11-4-13-8/h1-4H,10H2. The summed E-state index contributed by atoms with van der Waals surface area (Å²) in [5.74, 6) is -0.0988. The minimum absolute atomic E-state index is 0.282. The van der Waals surface area contributed by atoms with E-state index in [9.17, 15) is 4.39 Å². The van der Waals surface area contributed by atoms with Gasteiger partial charge in [-0.1, -0.05) is 0 Å². The van der Waals surface area contributed by atoms with Crippen molar-refractivity contribution < 1.29 is 8.81 Å². The first-order valence-corrected chi connectivity index (χ1v) is 3.59. The number of benzene rings is 1. The van der Waals surface area contributed by atoms with E-state index in [4.69, 9.17) is 10.2 Å². The molecule has 0 spiro atoms. The third kappa shape index (κ3) is 1.35.